The maximum atomic E-state index is 11.4. The van der Waals surface area contributed by atoms with Gasteiger partial charge in [0.05, 0.1) is 5.75 Å². The Morgan fingerprint density at radius 1 is 1.50 bits per heavy atom. The zero-order chi connectivity index (χ0) is 9.03. The smallest absolute Gasteiger partial charge is 0.187 e. The lowest BCUT2D eigenvalue weighted by Gasteiger charge is -1.97. The molecule has 68 valence electrons. The first-order valence-electron chi connectivity index (χ1n) is 3.54. The van der Waals surface area contributed by atoms with Gasteiger partial charge in [-0.2, -0.15) is 0 Å². The van der Waals surface area contributed by atoms with Gasteiger partial charge >= 0.3 is 0 Å². The van der Waals surface area contributed by atoms with Crippen LogP contribution in [-0.4, -0.2) is 25.9 Å². The van der Waals surface area contributed by atoms with Crippen molar-refractivity contribution in [2.45, 2.75) is 10.6 Å². The summed E-state index contributed by atoms with van der Waals surface area (Å²) in [5.41, 5.74) is 0. The molecule has 0 radical (unpaired) electrons. The lowest BCUT2D eigenvalue weighted by atomic mass is 10.5. The largest absolute Gasteiger partial charge is 0.396 e. The van der Waals surface area contributed by atoms with E-state index >= 15 is 0 Å². The van der Waals surface area contributed by atoms with Gasteiger partial charge in [-0.1, -0.05) is 6.07 Å². The van der Waals surface area contributed by atoms with Gasteiger partial charge in [-0.05, 0) is 17.9 Å². The van der Waals surface area contributed by atoms with E-state index in [1.807, 2.05) is 0 Å². The number of hydrogen-bond acceptors (Lipinski definition) is 4. The highest BCUT2D eigenvalue weighted by Crippen LogP contribution is 2.17. The van der Waals surface area contributed by atoms with Crippen LogP contribution in [0.15, 0.2) is 21.7 Å². The third-order valence-corrected chi connectivity index (χ3v) is 4.66. The first kappa shape index (κ1) is 9.70. The quantitative estimate of drug-likeness (QED) is 0.796. The molecule has 0 aliphatic heterocycles. The summed E-state index contributed by atoms with van der Waals surface area (Å²) >= 11 is 1.21. The van der Waals surface area contributed by atoms with E-state index in [4.69, 9.17) is 5.11 Å². The van der Waals surface area contributed by atoms with Crippen molar-refractivity contribution in [3.8, 4) is 0 Å². The molecule has 0 saturated carbocycles. The molecule has 1 rings (SSSR count). The third-order valence-electron chi connectivity index (χ3n) is 1.37. The predicted molar refractivity (Wildman–Crippen MR) is 48.1 cm³/mol. The molecule has 3 nitrogen and oxygen atoms in total. The SMILES string of the molecule is O=S(=O)(CCCO)c1cccs1. The van der Waals surface area contributed by atoms with E-state index in [1.165, 1.54) is 11.3 Å². The van der Waals surface area contributed by atoms with Gasteiger partial charge in [0.2, 0.25) is 0 Å². The Labute approximate surface area is 75.6 Å². The highest BCUT2D eigenvalue weighted by Gasteiger charge is 2.13. The molecule has 1 aromatic rings. The molecule has 0 aliphatic rings. The van der Waals surface area contributed by atoms with Crippen LogP contribution < -0.4 is 0 Å². The Balaban J connectivity index is 2.74. The third kappa shape index (κ3) is 2.30. The Bertz CT molecular complexity index is 312. The molecule has 0 aliphatic carbocycles. The molecule has 0 unspecified atom stereocenters. The van der Waals surface area contributed by atoms with Crippen LogP contribution in [0.25, 0.3) is 0 Å². The van der Waals surface area contributed by atoms with Crippen molar-refractivity contribution in [2.75, 3.05) is 12.4 Å². The highest BCUT2D eigenvalue weighted by molar-refractivity contribution is 7.93. The topological polar surface area (TPSA) is 54.4 Å². The van der Waals surface area contributed by atoms with Crippen LogP contribution in [0, 0.1) is 0 Å². The fourth-order valence-corrected chi connectivity index (χ4v) is 3.24. The van der Waals surface area contributed by atoms with Gasteiger partial charge in [-0.25, -0.2) is 8.42 Å². The average Bonchev–Trinajstić information content (AvgIpc) is 2.53. The number of thiophene rings is 1. The van der Waals surface area contributed by atoms with Gasteiger partial charge in [0.15, 0.2) is 9.84 Å². The van der Waals surface area contributed by atoms with E-state index < -0.39 is 9.84 Å². The monoisotopic (exact) mass is 206 g/mol. The van der Waals surface area contributed by atoms with Crippen molar-refractivity contribution >= 4 is 21.2 Å². The van der Waals surface area contributed by atoms with Crippen molar-refractivity contribution in [2.24, 2.45) is 0 Å². The Morgan fingerprint density at radius 3 is 2.75 bits per heavy atom. The predicted octanol–water partition coefficient (Wildman–Crippen LogP) is 0.904. The van der Waals surface area contributed by atoms with Gasteiger partial charge in [-0.15, -0.1) is 11.3 Å². The molecule has 1 heterocycles. The second-order valence-electron chi connectivity index (χ2n) is 2.33. The molecule has 1 aromatic heterocycles. The van der Waals surface area contributed by atoms with E-state index in [1.54, 1.807) is 17.5 Å². The standard InChI is InChI=1S/C7H10O3S2/c8-4-2-6-12(9,10)7-3-1-5-11-7/h1,3,5,8H,2,4,6H2. The minimum absolute atomic E-state index is 0.0318. The molecule has 0 fully saturated rings. The lowest BCUT2D eigenvalue weighted by Crippen LogP contribution is -2.06. The molecule has 0 bridgehead atoms. The van der Waals surface area contributed by atoms with Crippen molar-refractivity contribution in [1.29, 1.82) is 0 Å². The summed E-state index contributed by atoms with van der Waals surface area (Å²) in [6.45, 7) is -0.0788. The van der Waals surface area contributed by atoms with Gasteiger partial charge < -0.3 is 5.11 Å². The van der Waals surface area contributed by atoms with Crippen LogP contribution in [0.3, 0.4) is 0 Å². The van der Waals surface area contributed by atoms with E-state index in [2.05, 4.69) is 0 Å². The summed E-state index contributed by atoms with van der Waals surface area (Å²) in [7, 11) is -3.12. The van der Waals surface area contributed by atoms with Crippen molar-refractivity contribution in [1.82, 2.24) is 0 Å². The van der Waals surface area contributed by atoms with Crippen LogP contribution in [0.5, 0.6) is 0 Å². The molecular formula is C7H10O3S2. The molecule has 0 amide bonds. The van der Waals surface area contributed by atoms with Crippen molar-refractivity contribution in [3.05, 3.63) is 17.5 Å². The van der Waals surface area contributed by atoms with Crippen LogP contribution >= 0.6 is 11.3 Å². The van der Waals surface area contributed by atoms with Crippen LogP contribution in [0.4, 0.5) is 0 Å². The van der Waals surface area contributed by atoms with E-state index in [-0.39, 0.29) is 12.4 Å². The fourth-order valence-electron chi connectivity index (χ4n) is 0.796. The van der Waals surface area contributed by atoms with Crippen LogP contribution in [0.1, 0.15) is 6.42 Å². The second kappa shape index (κ2) is 4.02. The Hall–Kier alpha value is -0.390. The van der Waals surface area contributed by atoms with Gasteiger partial charge in [-0.3, -0.25) is 0 Å². The molecule has 0 spiro atoms. The summed E-state index contributed by atoms with van der Waals surface area (Å²) in [6.07, 6.45) is 0.306. The van der Waals surface area contributed by atoms with Gasteiger partial charge in [0.25, 0.3) is 0 Å². The number of hydrogen-bond donors (Lipinski definition) is 1. The zero-order valence-electron chi connectivity index (χ0n) is 6.43. The zero-order valence-corrected chi connectivity index (χ0v) is 8.07. The summed E-state index contributed by atoms with van der Waals surface area (Å²) in [6, 6.07) is 3.29. The normalized spacial score (nSPS) is 11.8. The molecule has 0 atom stereocenters. The Morgan fingerprint density at radius 2 is 2.25 bits per heavy atom. The van der Waals surface area contributed by atoms with Crippen molar-refractivity contribution in [3.63, 3.8) is 0 Å². The summed E-state index contributed by atoms with van der Waals surface area (Å²) in [4.78, 5) is 0. The van der Waals surface area contributed by atoms with E-state index in [0.29, 0.717) is 10.6 Å². The lowest BCUT2D eigenvalue weighted by molar-refractivity contribution is 0.295. The van der Waals surface area contributed by atoms with E-state index in [0.717, 1.165) is 0 Å². The fraction of sp³-hybridized carbons (Fsp3) is 0.429. The minimum atomic E-state index is -3.12. The number of aliphatic hydroxyl groups excluding tert-OH is 1. The van der Waals surface area contributed by atoms with Crippen LogP contribution in [-0.2, 0) is 9.84 Å². The van der Waals surface area contributed by atoms with Gasteiger partial charge in [0, 0.05) is 6.61 Å². The minimum Gasteiger partial charge on any atom is -0.396 e. The molecule has 0 aromatic carbocycles. The van der Waals surface area contributed by atoms with E-state index in [9.17, 15) is 8.42 Å². The van der Waals surface area contributed by atoms with Crippen molar-refractivity contribution < 1.29 is 13.5 Å². The number of sulfone groups is 1. The maximum absolute atomic E-state index is 11.4. The molecular weight excluding hydrogens is 196 g/mol. The first-order chi connectivity index (χ1) is 5.67. The molecule has 5 heteroatoms. The molecule has 12 heavy (non-hydrogen) atoms. The molecule has 1 N–H and O–H groups in total. The second-order valence-corrected chi connectivity index (χ2v) is 5.61. The number of rotatable bonds is 4. The summed E-state index contributed by atoms with van der Waals surface area (Å²) in [5.74, 6) is 0.0318. The van der Waals surface area contributed by atoms with Gasteiger partial charge in [0.1, 0.15) is 4.21 Å². The number of aliphatic hydroxyl groups is 1. The summed E-state index contributed by atoms with van der Waals surface area (Å²) in [5, 5.41) is 10.2. The highest BCUT2D eigenvalue weighted by atomic mass is 32.2. The molecule has 0 saturated heterocycles. The first-order valence-corrected chi connectivity index (χ1v) is 6.07. The average molecular weight is 206 g/mol. The maximum Gasteiger partial charge on any atom is 0.187 e. The Kier molecular flexibility index (Phi) is 3.25. The van der Waals surface area contributed by atoms with Crippen LogP contribution in [0.2, 0.25) is 0 Å². The summed E-state index contributed by atoms with van der Waals surface area (Å²) < 4.78 is 23.1.